The minimum atomic E-state index is -0.567. The summed E-state index contributed by atoms with van der Waals surface area (Å²) in [5, 5.41) is 4.72. The fraction of sp³-hybridized carbons (Fsp3) is 0.364. The number of hydrogen-bond donors (Lipinski definition) is 1. The summed E-state index contributed by atoms with van der Waals surface area (Å²) in [4.78, 5) is 22.5. The van der Waals surface area contributed by atoms with Crippen molar-refractivity contribution in [3.8, 4) is 23.3 Å². The number of benzene rings is 1. The van der Waals surface area contributed by atoms with Crippen LogP contribution < -0.4 is 15.2 Å². The molecule has 0 radical (unpaired) electrons. The summed E-state index contributed by atoms with van der Waals surface area (Å²) in [7, 11) is 3.17. The molecule has 166 valence electrons. The second kappa shape index (κ2) is 8.93. The molecular weight excluding hydrogens is 432 g/mol. The van der Waals surface area contributed by atoms with Gasteiger partial charge >= 0.3 is 0 Å². The molecular formula is C22H23ClN6O3. The lowest BCUT2D eigenvalue weighted by molar-refractivity contribution is -0.129. The summed E-state index contributed by atoms with van der Waals surface area (Å²) in [5.41, 5.74) is 7.91. The van der Waals surface area contributed by atoms with Gasteiger partial charge in [0.15, 0.2) is 5.65 Å². The first-order chi connectivity index (χ1) is 15.4. The topological polar surface area (TPSA) is 108 Å². The minimum Gasteiger partial charge on any atom is -0.497 e. The molecule has 3 heterocycles. The van der Waals surface area contributed by atoms with E-state index in [4.69, 9.17) is 31.9 Å². The quantitative estimate of drug-likeness (QED) is 0.475. The average molecular weight is 455 g/mol. The lowest BCUT2D eigenvalue weighted by Crippen LogP contribution is -2.34. The summed E-state index contributed by atoms with van der Waals surface area (Å²) >= 11 is 5.98. The average Bonchev–Trinajstić information content (AvgIpc) is 3.42. The maximum atomic E-state index is 12.3. The summed E-state index contributed by atoms with van der Waals surface area (Å²) in [5.74, 6) is 7.67. The van der Waals surface area contributed by atoms with E-state index in [1.165, 1.54) is 6.33 Å². The smallest absolute Gasteiger partial charge is 0.240 e. The first-order valence-electron chi connectivity index (χ1n) is 10.1. The number of anilines is 1. The molecule has 4 rings (SSSR count). The Balaban J connectivity index is 1.73. The van der Waals surface area contributed by atoms with Crippen LogP contribution >= 0.6 is 11.6 Å². The number of carbonyl (C=O) groups is 1. The molecule has 1 aromatic carbocycles. The number of halogens is 1. The molecule has 0 saturated carbocycles. The normalized spacial score (nSPS) is 16.5. The molecule has 2 aromatic heterocycles. The maximum Gasteiger partial charge on any atom is 0.240 e. The zero-order chi connectivity index (χ0) is 22.8. The maximum absolute atomic E-state index is 12.3. The van der Waals surface area contributed by atoms with Gasteiger partial charge in [-0.1, -0.05) is 5.92 Å². The Kier molecular flexibility index (Phi) is 6.06. The third-order valence-electron chi connectivity index (χ3n) is 5.36. The first kappa shape index (κ1) is 21.7. The third-order valence-corrected chi connectivity index (χ3v) is 5.54. The molecule has 2 atom stereocenters. The molecule has 1 fully saturated rings. The van der Waals surface area contributed by atoms with Crippen molar-refractivity contribution in [1.82, 2.24) is 24.6 Å². The first-order valence-corrected chi connectivity index (χ1v) is 10.5. The molecule has 0 bridgehead atoms. The van der Waals surface area contributed by atoms with E-state index >= 15 is 0 Å². The number of likely N-dealkylation sites (tertiary alicyclic amines) is 1. The number of carbonyl (C=O) groups excluding carboxylic acids is 1. The van der Waals surface area contributed by atoms with Crippen molar-refractivity contribution >= 4 is 34.4 Å². The van der Waals surface area contributed by atoms with Gasteiger partial charge in [-0.2, -0.15) is 5.10 Å². The molecule has 3 aromatic rings. The van der Waals surface area contributed by atoms with Gasteiger partial charge in [0.1, 0.15) is 34.7 Å². The van der Waals surface area contributed by atoms with Gasteiger partial charge in [0.25, 0.3) is 0 Å². The number of amides is 1. The predicted octanol–water partition coefficient (Wildman–Crippen LogP) is 2.23. The Morgan fingerprint density at radius 1 is 1.22 bits per heavy atom. The summed E-state index contributed by atoms with van der Waals surface area (Å²) in [6.07, 6.45) is 2.13. The van der Waals surface area contributed by atoms with E-state index in [0.29, 0.717) is 52.7 Å². The van der Waals surface area contributed by atoms with E-state index < -0.39 is 5.38 Å². The Morgan fingerprint density at radius 2 is 1.94 bits per heavy atom. The Morgan fingerprint density at radius 3 is 2.59 bits per heavy atom. The van der Waals surface area contributed by atoms with Crippen molar-refractivity contribution in [2.24, 2.45) is 0 Å². The van der Waals surface area contributed by atoms with E-state index in [0.717, 1.165) is 6.42 Å². The van der Waals surface area contributed by atoms with Crippen LogP contribution in [0.3, 0.4) is 0 Å². The van der Waals surface area contributed by atoms with Crippen LogP contribution in [0.25, 0.3) is 11.0 Å². The number of fused-ring (bicyclic) bond motifs is 1. The summed E-state index contributed by atoms with van der Waals surface area (Å²) in [6, 6.07) is 5.33. The highest BCUT2D eigenvalue weighted by molar-refractivity contribution is 6.30. The summed E-state index contributed by atoms with van der Waals surface area (Å²) < 4.78 is 12.4. The molecule has 1 saturated heterocycles. The van der Waals surface area contributed by atoms with Gasteiger partial charge in [0.2, 0.25) is 5.91 Å². The van der Waals surface area contributed by atoms with Gasteiger partial charge in [-0.3, -0.25) is 4.79 Å². The summed E-state index contributed by atoms with van der Waals surface area (Å²) in [6.45, 7) is 2.78. The molecule has 1 aliphatic rings. The van der Waals surface area contributed by atoms with Crippen molar-refractivity contribution in [3.05, 3.63) is 35.8 Å². The zero-order valence-electron chi connectivity index (χ0n) is 18.0. The number of nitrogens with two attached hydrogens (primary N) is 1. The predicted molar refractivity (Wildman–Crippen MR) is 121 cm³/mol. The van der Waals surface area contributed by atoms with E-state index in [2.05, 4.69) is 21.8 Å². The lowest BCUT2D eigenvalue weighted by Gasteiger charge is -2.18. The molecule has 32 heavy (non-hydrogen) atoms. The van der Waals surface area contributed by atoms with Gasteiger partial charge < -0.3 is 20.1 Å². The molecule has 10 heteroatoms. The fourth-order valence-electron chi connectivity index (χ4n) is 3.74. The molecule has 0 aliphatic carbocycles. The number of nitrogens with zero attached hydrogens (tertiary/aromatic N) is 5. The number of hydrogen-bond acceptors (Lipinski definition) is 7. The Labute approximate surface area is 190 Å². The van der Waals surface area contributed by atoms with E-state index in [-0.39, 0.29) is 11.9 Å². The standard InChI is InChI=1S/C22H23ClN6O3/c1-13(23)22(30)28-7-6-15(11-28)29-21-19(20(24)25-12-26-21)18(27-29)5-4-14-8-16(31-2)10-17(9-14)32-3/h8-10,12-13,15H,6-7,11H2,1-3H3,(H2,24,25,26)/t13?,15-/m0/s1. The van der Waals surface area contributed by atoms with Crippen LogP contribution in [-0.4, -0.2) is 63.2 Å². The molecule has 2 N–H and O–H groups in total. The van der Waals surface area contributed by atoms with Gasteiger partial charge in [-0.15, -0.1) is 11.6 Å². The Bertz CT molecular complexity index is 1210. The molecule has 1 unspecified atom stereocenters. The lowest BCUT2D eigenvalue weighted by atomic mass is 10.2. The van der Waals surface area contributed by atoms with E-state index in [9.17, 15) is 4.79 Å². The number of methoxy groups -OCH3 is 2. The second-order valence-electron chi connectivity index (χ2n) is 7.44. The number of alkyl halides is 1. The van der Waals surface area contributed by atoms with Gasteiger partial charge in [0.05, 0.1) is 25.6 Å². The fourth-order valence-corrected chi connectivity index (χ4v) is 3.88. The van der Waals surface area contributed by atoms with Crippen LogP contribution in [0.2, 0.25) is 0 Å². The highest BCUT2D eigenvalue weighted by Gasteiger charge is 2.31. The SMILES string of the molecule is COc1cc(C#Cc2nn([C@H]3CCN(C(=O)C(C)Cl)C3)c3ncnc(N)c23)cc(OC)c1. The minimum absolute atomic E-state index is 0.0568. The van der Waals surface area contributed by atoms with Gasteiger partial charge in [-0.05, 0) is 31.4 Å². The van der Waals surface area contributed by atoms with Crippen LogP contribution in [-0.2, 0) is 4.79 Å². The van der Waals surface area contributed by atoms with Crippen LogP contribution in [0.4, 0.5) is 5.82 Å². The highest BCUT2D eigenvalue weighted by atomic mass is 35.5. The zero-order valence-corrected chi connectivity index (χ0v) is 18.8. The number of ether oxygens (including phenoxy) is 2. The number of rotatable bonds is 4. The van der Waals surface area contributed by atoms with Crippen molar-refractivity contribution in [2.45, 2.75) is 24.8 Å². The third kappa shape index (κ3) is 4.14. The molecule has 9 nitrogen and oxygen atoms in total. The van der Waals surface area contributed by atoms with E-state index in [1.807, 2.05) is 12.1 Å². The van der Waals surface area contributed by atoms with Crippen LogP contribution in [0.15, 0.2) is 24.5 Å². The monoisotopic (exact) mass is 454 g/mol. The van der Waals surface area contributed by atoms with Gasteiger partial charge in [0, 0.05) is 24.7 Å². The molecule has 1 amide bonds. The largest absolute Gasteiger partial charge is 0.497 e. The molecule has 1 aliphatic heterocycles. The van der Waals surface area contributed by atoms with Crippen molar-refractivity contribution < 1.29 is 14.3 Å². The van der Waals surface area contributed by atoms with Crippen molar-refractivity contribution in [3.63, 3.8) is 0 Å². The highest BCUT2D eigenvalue weighted by Crippen LogP contribution is 2.29. The van der Waals surface area contributed by atoms with Gasteiger partial charge in [-0.25, -0.2) is 14.6 Å². The van der Waals surface area contributed by atoms with E-state index in [1.54, 1.807) is 36.8 Å². The Hall–Kier alpha value is -3.51. The van der Waals surface area contributed by atoms with Crippen LogP contribution in [0.1, 0.15) is 30.6 Å². The van der Waals surface area contributed by atoms with Crippen LogP contribution in [0.5, 0.6) is 11.5 Å². The number of aromatic nitrogens is 4. The second-order valence-corrected chi connectivity index (χ2v) is 8.10. The number of nitrogen functional groups attached to an aromatic ring is 1. The van der Waals surface area contributed by atoms with Crippen LogP contribution in [0, 0.1) is 11.8 Å². The van der Waals surface area contributed by atoms with Crippen molar-refractivity contribution in [1.29, 1.82) is 0 Å². The molecule has 0 spiro atoms. The van der Waals surface area contributed by atoms with Crippen molar-refractivity contribution in [2.75, 3.05) is 33.0 Å².